The molecule has 22 heavy (non-hydrogen) atoms. The first-order valence-electron chi connectivity index (χ1n) is 5.90. The van der Waals surface area contributed by atoms with Crippen molar-refractivity contribution in [3.05, 3.63) is 57.9 Å². The molecular weight excluding hydrogens is 379 g/mol. The minimum atomic E-state index is -3.82. The number of benzene rings is 1. The number of aromatic carboxylic acids is 1. The number of carboxylic acid groups (broad SMARTS) is 1. The van der Waals surface area contributed by atoms with Crippen LogP contribution in [0.4, 0.5) is 10.2 Å². The Bertz CT molecular complexity index is 827. The summed E-state index contributed by atoms with van der Waals surface area (Å²) in [4.78, 5) is 14.6. The molecule has 2 aromatic rings. The molecule has 2 N–H and O–H groups in total. The first-order chi connectivity index (χ1) is 10.3. The van der Waals surface area contributed by atoms with Crippen molar-refractivity contribution in [3.8, 4) is 0 Å². The third-order valence-electron chi connectivity index (χ3n) is 2.63. The number of nitrogens with one attached hydrogen (secondary N) is 1. The molecule has 0 unspecified atom stereocenters. The van der Waals surface area contributed by atoms with Crippen molar-refractivity contribution in [2.75, 3.05) is 4.72 Å². The summed E-state index contributed by atoms with van der Waals surface area (Å²) in [6.45, 7) is 0. The maximum atomic E-state index is 13.0. The highest BCUT2D eigenvalue weighted by molar-refractivity contribution is 9.10. The highest BCUT2D eigenvalue weighted by Gasteiger charge is 2.16. The Morgan fingerprint density at radius 3 is 2.68 bits per heavy atom. The second-order valence-corrected chi connectivity index (χ2v) is 6.91. The average molecular weight is 389 g/mol. The molecule has 1 aromatic carbocycles. The predicted molar refractivity (Wildman–Crippen MR) is 81.5 cm³/mol. The highest BCUT2D eigenvalue weighted by Crippen LogP contribution is 2.21. The molecule has 0 saturated heterocycles. The van der Waals surface area contributed by atoms with Crippen LogP contribution in [0.15, 0.2) is 41.0 Å². The lowest BCUT2D eigenvalue weighted by atomic mass is 10.2. The number of anilines is 1. The predicted octanol–water partition coefficient (Wildman–Crippen LogP) is 2.62. The van der Waals surface area contributed by atoms with Crippen molar-refractivity contribution < 1.29 is 22.7 Å². The van der Waals surface area contributed by atoms with E-state index in [2.05, 4.69) is 25.6 Å². The summed E-state index contributed by atoms with van der Waals surface area (Å²) in [5.74, 6) is -2.19. The van der Waals surface area contributed by atoms with Gasteiger partial charge in [-0.2, -0.15) is 0 Å². The van der Waals surface area contributed by atoms with Gasteiger partial charge in [0.25, 0.3) is 0 Å². The minimum absolute atomic E-state index is 0.0873. The SMILES string of the molecule is O=C(O)c1ccnc(NS(=O)(=O)Cc2ccc(F)cc2Br)c1. The standard InChI is InChI=1S/C13H10BrFN2O4S/c14-11-6-10(15)2-1-9(11)7-22(20,21)17-12-5-8(13(18)19)3-4-16-12/h1-6H,7H2,(H,16,17)(H,18,19). The van der Waals surface area contributed by atoms with Gasteiger partial charge in [0.05, 0.1) is 11.3 Å². The summed E-state index contributed by atoms with van der Waals surface area (Å²) in [6.07, 6.45) is 1.19. The quantitative estimate of drug-likeness (QED) is 0.820. The lowest BCUT2D eigenvalue weighted by molar-refractivity contribution is 0.0696. The summed E-state index contributed by atoms with van der Waals surface area (Å²) < 4.78 is 39.6. The maximum Gasteiger partial charge on any atom is 0.335 e. The monoisotopic (exact) mass is 388 g/mol. The fourth-order valence-electron chi connectivity index (χ4n) is 1.66. The van der Waals surface area contributed by atoms with E-state index in [9.17, 15) is 17.6 Å². The van der Waals surface area contributed by atoms with Crippen LogP contribution in [0.5, 0.6) is 0 Å². The van der Waals surface area contributed by atoms with Crippen LogP contribution in [0, 0.1) is 5.82 Å². The molecule has 0 fully saturated rings. The fourth-order valence-corrected chi connectivity index (χ4v) is 3.50. The van der Waals surface area contributed by atoms with Gasteiger partial charge in [0.15, 0.2) is 0 Å². The zero-order valence-corrected chi connectivity index (χ0v) is 13.4. The van der Waals surface area contributed by atoms with E-state index >= 15 is 0 Å². The van der Waals surface area contributed by atoms with E-state index < -0.39 is 27.6 Å². The van der Waals surface area contributed by atoms with E-state index in [-0.39, 0.29) is 11.4 Å². The molecule has 1 aromatic heterocycles. The number of hydrogen-bond acceptors (Lipinski definition) is 4. The van der Waals surface area contributed by atoms with Crippen molar-refractivity contribution >= 4 is 37.7 Å². The van der Waals surface area contributed by atoms with Crippen LogP contribution in [0.1, 0.15) is 15.9 Å². The number of hydrogen-bond donors (Lipinski definition) is 2. The van der Waals surface area contributed by atoms with E-state index in [1.165, 1.54) is 18.3 Å². The van der Waals surface area contributed by atoms with Gasteiger partial charge in [-0.25, -0.2) is 22.6 Å². The summed E-state index contributed by atoms with van der Waals surface area (Å²) in [7, 11) is -3.82. The molecular formula is C13H10BrFN2O4S. The van der Waals surface area contributed by atoms with Gasteiger partial charge in [-0.1, -0.05) is 22.0 Å². The van der Waals surface area contributed by atoms with Gasteiger partial charge >= 0.3 is 5.97 Å². The maximum absolute atomic E-state index is 13.0. The van der Waals surface area contributed by atoms with Gasteiger partial charge in [-0.05, 0) is 29.8 Å². The topological polar surface area (TPSA) is 96.4 Å². The van der Waals surface area contributed by atoms with E-state index in [0.29, 0.717) is 10.0 Å². The van der Waals surface area contributed by atoms with E-state index in [4.69, 9.17) is 5.11 Å². The summed E-state index contributed by atoms with van der Waals surface area (Å²) >= 11 is 3.09. The molecule has 0 aliphatic heterocycles. The Balaban J connectivity index is 2.21. The molecule has 116 valence electrons. The average Bonchev–Trinajstić information content (AvgIpc) is 2.41. The van der Waals surface area contributed by atoms with Gasteiger partial charge in [0, 0.05) is 10.7 Å². The fraction of sp³-hybridized carbons (Fsp3) is 0.0769. The Hall–Kier alpha value is -2.00. The van der Waals surface area contributed by atoms with E-state index in [1.807, 2.05) is 0 Å². The minimum Gasteiger partial charge on any atom is -0.478 e. The Morgan fingerprint density at radius 2 is 2.05 bits per heavy atom. The van der Waals surface area contributed by atoms with Gasteiger partial charge in [0.1, 0.15) is 11.6 Å². The lowest BCUT2D eigenvalue weighted by Crippen LogP contribution is -2.16. The Morgan fingerprint density at radius 1 is 1.32 bits per heavy atom. The number of carbonyl (C=O) groups is 1. The van der Waals surface area contributed by atoms with Crippen LogP contribution in [-0.2, 0) is 15.8 Å². The van der Waals surface area contributed by atoms with Gasteiger partial charge < -0.3 is 5.11 Å². The van der Waals surface area contributed by atoms with E-state index in [1.54, 1.807) is 0 Å². The molecule has 0 atom stereocenters. The molecule has 0 aliphatic rings. The summed E-state index contributed by atoms with van der Waals surface area (Å²) in [5, 5.41) is 8.86. The smallest absolute Gasteiger partial charge is 0.335 e. The number of carboxylic acids is 1. The molecule has 1 heterocycles. The number of pyridine rings is 1. The van der Waals surface area contributed by atoms with Crippen molar-refractivity contribution in [1.82, 2.24) is 4.98 Å². The van der Waals surface area contributed by atoms with Gasteiger partial charge in [-0.15, -0.1) is 0 Å². The number of aromatic nitrogens is 1. The van der Waals surface area contributed by atoms with Crippen LogP contribution in [0.2, 0.25) is 0 Å². The number of rotatable bonds is 5. The second kappa shape index (κ2) is 6.41. The largest absolute Gasteiger partial charge is 0.478 e. The highest BCUT2D eigenvalue weighted by atomic mass is 79.9. The molecule has 6 nitrogen and oxygen atoms in total. The van der Waals surface area contributed by atoms with Crippen molar-refractivity contribution in [1.29, 1.82) is 0 Å². The molecule has 0 saturated carbocycles. The summed E-state index contributed by atoms with van der Waals surface area (Å²) in [6, 6.07) is 6.02. The normalized spacial score (nSPS) is 11.2. The second-order valence-electron chi connectivity index (χ2n) is 4.33. The van der Waals surface area contributed by atoms with Crippen LogP contribution in [-0.4, -0.2) is 24.5 Å². The summed E-state index contributed by atoms with van der Waals surface area (Å²) in [5.41, 5.74) is 0.277. The first-order valence-corrected chi connectivity index (χ1v) is 8.35. The number of nitrogens with zero attached hydrogens (tertiary/aromatic N) is 1. The molecule has 0 spiro atoms. The van der Waals surface area contributed by atoms with Crippen molar-refractivity contribution in [2.24, 2.45) is 0 Å². The number of sulfonamides is 1. The van der Waals surface area contributed by atoms with Crippen LogP contribution < -0.4 is 4.72 Å². The third-order valence-corrected chi connectivity index (χ3v) is 4.58. The van der Waals surface area contributed by atoms with Crippen LogP contribution in [0.25, 0.3) is 0 Å². The van der Waals surface area contributed by atoms with Crippen LogP contribution >= 0.6 is 15.9 Å². The molecule has 0 radical (unpaired) electrons. The van der Waals surface area contributed by atoms with E-state index in [0.717, 1.165) is 18.2 Å². The third kappa shape index (κ3) is 4.25. The van der Waals surface area contributed by atoms with Crippen molar-refractivity contribution in [3.63, 3.8) is 0 Å². The van der Waals surface area contributed by atoms with Gasteiger partial charge in [-0.3, -0.25) is 4.72 Å². The lowest BCUT2D eigenvalue weighted by Gasteiger charge is -2.09. The zero-order chi connectivity index (χ0) is 16.3. The molecule has 2 rings (SSSR count). The molecule has 0 bridgehead atoms. The van der Waals surface area contributed by atoms with Gasteiger partial charge in [0.2, 0.25) is 10.0 Å². The Labute approximate surface area is 134 Å². The first kappa shape index (κ1) is 16.4. The van der Waals surface area contributed by atoms with Crippen molar-refractivity contribution in [2.45, 2.75) is 5.75 Å². The zero-order valence-electron chi connectivity index (χ0n) is 11.0. The van der Waals surface area contributed by atoms with Crippen LogP contribution in [0.3, 0.4) is 0 Å². The Kier molecular flexibility index (Phi) is 4.77. The number of halogens is 2. The molecule has 9 heteroatoms. The molecule has 0 amide bonds. The molecule has 0 aliphatic carbocycles.